The standard InChI is InChI=1S/C51H65N3O9/c1-32(2)40(30-48(57)62-6)50(59)52-26-8-10-44(52)46(55)28-34-12-16-36(17-13-34)42-24-25-43(54(42)38-20-22-39(61-5)23-21-38)37-18-14-35(15-19-37)29-47(56)45-11-9-27-53(45)51(60)41(33(3)4)31-49(58)63-7/h12-23,32-33,40-45H,8-11,24-31H2,1-7H3/t40-,41-,42+,43?,44-,45-/m0/s1. The van der Waals surface area contributed by atoms with Gasteiger partial charge in [0.1, 0.15) is 5.75 Å². The first kappa shape index (κ1) is 47.0. The molecule has 6 rings (SSSR count). The van der Waals surface area contributed by atoms with Gasteiger partial charge in [0.15, 0.2) is 11.6 Å². The molecular weight excluding hydrogens is 799 g/mol. The average Bonchev–Trinajstić information content (AvgIpc) is 4.08. The molecule has 3 saturated heterocycles. The first-order valence-corrected chi connectivity index (χ1v) is 22.6. The summed E-state index contributed by atoms with van der Waals surface area (Å²) in [5, 5.41) is 0. The maximum atomic E-state index is 13.8. The van der Waals surface area contributed by atoms with Crippen molar-refractivity contribution in [1.29, 1.82) is 0 Å². The third-order valence-corrected chi connectivity index (χ3v) is 13.5. The monoisotopic (exact) mass is 863 g/mol. The van der Waals surface area contributed by atoms with Crippen LogP contribution in [0.15, 0.2) is 72.8 Å². The molecule has 0 radical (unpaired) electrons. The highest BCUT2D eigenvalue weighted by Crippen LogP contribution is 2.47. The van der Waals surface area contributed by atoms with Gasteiger partial charge in [-0.3, -0.25) is 28.8 Å². The predicted octanol–water partition coefficient (Wildman–Crippen LogP) is 7.65. The molecule has 338 valence electrons. The van der Waals surface area contributed by atoms with Crippen LogP contribution in [0.2, 0.25) is 0 Å². The topological polar surface area (TPSA) is 140 Å². The summed E-state index contributed by atoms with van der Waals surface area (Å²) >= 11 is 0. The highest BCUT2D eigenvalue weighted by atomic mass is 16.5. The molecule has 0 aliphatic carbocycles. The third kappa shape index (κ3) is 11.0. The molecule has 12 heteroatoms. The van der Waals surface area contributed by atoms with Gasteiger partial charge in [0.2, 0.25) is 11.8 Å². The molecule has 12 nitrogen and oxygen atoms in total. The summed E-state index contributed by atoms with van der Waals surface area (Å²) < 4.78 is 15.2. The highest BCUT2D eigenvalue weighted by molar-refractivity contribution is 5.93. The van der Waals surface area contributed by atoms with Gasteiger partial charge in [-0.2, -0.15) is 0 Å². The largest absolute Gasteiger partial charge is 0.497 e. The van der Waals surface area contributed by atoms with E-state index in [2.05, 4.69) is 41.3 Å². The first-order chi connectivity index (χ1) is 30.2. The third-order valence-electron chi connectivity index (χ3n) is 13.5. The van der Waals surface area contributed by atoms with Crippen LogP contribution in [0.5, 0.6) is 5.75 Å². The summed E-state index contributed by atoms with van der Waals surface area (Å²) in [6, 6.07) is 23.7. The Bertz CT molecular complexity index is 1960. The van der Waals surface area contributed by atoms with Crippen LogP contribution in [0.25, 0.3) is 0 Å². The Hall–Kier alpha value is -5.52. The van der Waals surface area contributed by atoms with E-state index in [0.717, 1.165) is 59.4 Å². The van der Waals surface area contributed by atoms with Crippen molar-refractivity contribution in [1.82, 2.24) is 9.80 Å². The maximum absolute atomic E-state index is 13.8. The van der Waals surface area contributed by atoms with E-state index in [1.807, 2.05) is 64.1 Å². The van der Waals surface area contributed by atoms with E-state index in [-0.39, 0.29) is 73.0 Å². The summed E-state index contributed by atoms with van der Waals surface area (Å²) in [7, 11) is 4.30. The van der Waals surface area contributed by atoms with Crippen molar-refractivity contribution < 1.29 is 43.0 Å². The smallest absolute Gasteiger partial charge is 0.306 e. The Morgan fingerprint density at radius 2 is 0.952 bits per heavy atom. The molecule has 63 heavy (non-hydrogen) atoms. The van der Waals surface area contributed by atoms with Crippen molar-refractivity contribution in [3.63, 3.8) is 0 Å². The molecule has 0 bridgehead atoms. The minimum absolute atomic E-state index is 0.00103. The number of nitrogens with zero attached hydrogens (tertiary/aromatic N) is 3. The number of carbonyl (C=O) groups excluding carboxylic acids is 6. The number of rotatable bonds is 18. The number of esters is 2. The van der Waals surface area contributed by atoms with Crippen molar-refractivity contribution in [2.75, 3.05) is 39.3 Å². The van der Waals surface area contributed by atoms with Crippen molar-refractivity contribution >= 4 is 41.0 Å². The number of benzene rings is 3. The number of hydrogen-bond acceptors (Lipinski definition) is 10. The van der Waals surface area contributed by atoms with Crippen LogP contribution in [0, 0.1) is 23.7 Å². The second-order valence-corrected chi connectivity index (χ2v) is 18.1. The van der Waals surface area contributed by atoms with Crippen LogP contribution in [0.3, 0.4) is 0 Å². The molecule has 3 fully saturated rings. The first-order valence-electron chi connectivity index (χ1n) is 22.6. The molecule has 3 aliphatic heterocycles. The van der Waals surface area contributed by atoms with Crippen LogP contribution in [0.4, 0.5) is 5.69 Å². The number of hydrogen-bond donors (Lipinski definition) is 0. The summed E-state index contributed by atoms with van der Waals surface area (Å²) in [5.41, 5.74) is 5.10. The average molecular weight is 864 g/mol. The summed E-state index contributed by atoms with van der Waals surface area (Å²) in [5.74, 6) is -1.59. The van der Waals surface area contributed by atoms with Gasteiger partial charge in [-0.1, -0.05) is 76.2 Å². The fraction of sp³-hybridized carbons (Fsp3) is 0.529. The van der Waals surface area contributed by atoms with Gasteiger partial charge < -0.3 is 28.9 Å². The lowest BCUT2D eigenvalue weighted by atomic mass is 9.90. The number of carbonyl (C=O) groups is 6. The number of anilines is 1. The molecule has 6 atom stereocenters. The molecule has 3 aliphatic rings. The molecule has 0 saturated carbocycles. The molecule has 1 unspecified atom stereocenters. The van der Waals surface area contributed by atoms with Gasteiger partial charge in [0.05, 0.1) is 70.2 Å². The molecule has 3 aromatic carbocycles. The predicted molar refractivity (Wildman–Crippen MR) is 240 cm³/mol. The normalized spacial score (nSPS) is 20.8. The fourth-order valence-corrected chi connectivity index (χ4v) is 9.83. The van der Waals surface area contributed by atoms with Crippen molar-refractivity contribution in [3.8, 4) is 5.75 Å². The van der Waals surface area contributed by atoms with E-state index < -0.39 is 35.9 Å². The van der Waals surface area contributed by atoms with Crippen LogP contribution < -0.4 is 9.64 Å². The van der Waals surface area contributed by atoms with Crippen LogP contribution in [-0.4, -0.2) is 91.6 Å². The molecule has 0 aromatic heterocycles. The lowest BCUT2D eigenvalue weighted by Gasteiger charge is -2.33. The number of ether oxygens (including phenoxy) is 3. The lowest BCUT2D eigenvalue weighted by molar-refractivity contribution is -0.149. The molecular formula is C51H65N3O9. The molecule has 0 N–H and O–H groups in total. The van der Waals surface area contributed by atoms with Gasteiger partial charge in [-0.05, 0) is 96.9 Å². The minimum Gasteiger partial charge on any atom is -0.497 e. The Labute approximate surface area is 372 Å². The Morgan fingerprint density at radius 3 is 1.30 bits per heavy atom. The summed E-state index contributed by atoms with van der Waals surface area (Å²) in [6.07, 6.45) is 4.94. The number of methoxy groups -OCH3 is 3. The highest BCUT2D eigenvalue weighted by Gasteiger charge is 2.41. The van der Waals surface area contributed by atoms with Crippen molar-refractivity contribution in [2.24, 2.45) is 23.7 Å². The van der Waals surface area contributed by atoms with Crippen LogP contribution in [-0.2, 0) is 51.1 Å². The zero-order valence-electron chi connectivity index (χ0n) is 38.0. The molecule has 3 aromatic rings. The number of amides is 2. The SMILES string of the molecule is COC(=O)C[C@H](C(=O)N1CCC[C@H]1C(=O)Cc1ccc(C2CC[C@H](c3ccc(CC(=O)[C@@H]4CCCN4C(=O)[C@@H](CC(=O)OC)C(C)C)cc3)N2c2ccc(OC)cc2)cc1)C(C)C. The van der Waals surface area contributed by atoms with Gasteiger partial charge in [0.25, 0.3) is 0 Å². The summed E-state index contributed by atoms with van der Waals surface area (Å²) in [4.78, 5) is 84.8. The van der Waals surface area contributed by atoms with Gasteiger partial charge >= 0.3 is 11.9 Å². The van der Waals surface area contributed by atoms with Crippen LogP contribution in [0.1, 0.15) is 113 Å². The fourth-order valence-electron chi connectivity index (χ4n) is 9.83. The van der Waals surface area contributed by atoms with E-state index in [4.69, 9.17) is 14.2 Å². The van der Waals surface area contributed by atoms with Gasteiger partial charge in [0, 0.05) is 31.6 Å². The van der Waals surface area contributed by atoms with E-state index in [1.165, 1.54) is 14.2 Å². The quantitative estimate of drug-likeness (QED) is 0.117. The summed E-state index contributed by atoms with van der Waals surface area (Å²) in [6.45, 7) is 8.68. The van der Waals surface area contributed by atoms with E-state index in [1.54, 1.807) is 16.9 Å². The Morgan fingerprint density at radius 1 is 0.556 bits per heavy atom. The van der Waals surface area contributed by atoms with Crippen molar-refractivity contribution in [3.05, 3.63) is 95.1 Å². The minimum atomic E-state index is -0.535. The van der Waals surface area contributed by atoms with E-state index in [0.29, 0.717) is 25.9 Å². The van der Waals surface area contributed by atoms with Gasteiger partial charge in [-0.25, -0.2) is 0 Å². The molecule has 3 heterocycles. The number of likely N-dealkylation sites (tertiary alicyclic amines) is 2. The van der Waals surface area contributed by atoms with E-state index in [9.17, 15) is 28.8 Å². The van der Waals surface area contributed by atoms with Gasteiger partial charge in [-0.15, -0.1) is 0 Å². The van der Waals surface area contributed by atoms with Crippen LogP contribution >= 0.6 is 0 Å². The maximum Gasteiger partial charge on any atom is 0.306 e. The molecule has 0 spiro atoms. The second kappa shape index (κ2) is 21.2. The zero-order valence-corrected chi connectivity index (χ0v) is 38.0. The van der Waals surface area contributed by atoms with E-state index >= 15 is 0 Å². The Balaban J connectivity index is 1.14. The molecule has 2 amide bonds. The zero-order chi connectivity index (χ0) is 45.4. The number of ketones is 2. The Kier molecular flexibility index (Phi) is 15.8. The number of Topliss-reactive ketones (excluding diaryl/α,β-unsaturated/α-hetero) is 2. The van der Waals surface area contributed by atoms with Crippen molar-refractivity contribution in [2.45, 2.75) is 116 Å². The second-order valence-electron chi connectivity index (χ2n) is 18.1. The lowest BCUT2D eigenvalue weighted by Crippen LogP contribution is -2.45.